The molecule has 0 fully saturated rings. The molecule has 20 heavy (non-hydrogen) atoms. The molecule has 1 aliphatic rings. The number of carbonyl (C=O) groups is 1. The Morgan fingerprint density at radius 3 is 2.40 bits per heavy atom. The highest BCUT2D eigenvalue weighted by Crippen LogP contribution is 2.20. The number of hydrogen-bond acceptors (Lipinski definition) is 3. The van der Waals surface area contributed by atoms with Crippen molar-refractivity contribution < 1.29 is 9.53 Å². The van der Waals surface area contributed by atoms with E-state index in [1.165, 1.54) is 0 Å². The average Bonchev–Trinajstić information content (AvgIpc) is 2.84. The molecule has 3 rings (SSSR count). The molecule has 0 atom stereocenters. The summed E-state index contributed by atoms with van der Waals surface area (Å²) in [6, 6.07) is 17.0. The highest BCUT2D eigenvalue weighted by molar-refractivity contribution is 9.10. The second-order valence-corrected chi connectivity index (χ2v) is 5.17. The minimum Gasteiger partial charge on any atom is -0.402 e. The molecule has 4 heteroatoms. The highest BCUT2D eigenvalue weighted by Gasteiger charge is 2.23. The van der Waals surface area contributed by atoms with Gasteiger partial charge in [-0.15, -0.1) is 0 Å². The lowest BCUT2D eigenvalue weighted by Crippen LogP contribution is -2.04. The lowest BCUT2D eigenvalue weighted by atomic mass is 10.2. The summed E-state index contributed by atoms with van der Waals surface area (Å²) in [6.07, 6.45) is 1.71. The van der Waals surface area contributed by atoms with Crippen molar-refractivity contribution in [2.75, 3.05) is 0 Å². The summed E-state index contributed by atoms with van der Waals surface area (Å²) in [5.74, 6) is -0.0780. The van der Waals surface area contributed by atoms with Crippen LogP contribution in [0.5, 0.6) is 0 Å². The molecule has 0 aromatic heterocycles. The Morgan fingerprint density at radius 2 is 1.70 bits per heavy atom. The lowest BCUT2D eigenvalue weighted by Gasteiger charge is -1.97. The fourth-order valence-corrected chi connectivity index (χ4v) is 2.09. The van der Waals surface area contributed by atoms with Crippen LogP contribution in [0.25, 0.3) is 6.08 Å². The highest BCUT2D eigenvalue weighted by atomic mass is 79.9. The Morgan fingerprint density at radius 1 is 1.00 bits per heavy atom. The van der Waals surface area contributed by atoms with Crippen LogP contribution in [0.4, 0.5) is 0 Å². The van der Waals surface area contributed by atoms with Gasteiger partial charge in [0, 0.05) is 10.0 Å². The molecule has 0 bridgehead atoms. The number of carbonyl (C=O) groups excluding carboxylic acids is 1. The molecule has 1 aliphatic heterocycles. The Labute approximate surface area is 124 Å². The van der Waals surface area contributed by atoms with Crippen molar-refractivity contribution in [1.29, 1.82) is 0 Å². The molecule has 0 radical (unpaired) electrons. The van der Waals surface area contributed by atoms with Crippen LogP contribution in [0.3, 0.4) is 0 Å². The third-order valence-corrected chi connectivity index (χ3v) is 3.34. The van der Waals surface area contributed by atoms with Gasteiger partial charge in [-0.3, -0.25) is 0 Å². The van der Waals surface area contributed by atoms with E-state index in [2.05, 4.69) is 20.9 Å². The number of nitrogens with zero attached hydrogens (tertiary/aromatic N) is 1. The summed E-state index contributed by atoms with van der Waals surface area (Å²) in [5.41, 5.74) is 2.00. The molecule has 0 spiro atoms. The van der Waals surface area contributed by atoms with Gasteiger partial charge < -0.3 is 4.74 Å². The Bertz CT molecular complexity index is 703. The first-order valence-electron chi connectivity index (χ1n) is 6.06. The van der Waals surface area contributed by atoms with E-state index in [4.69, 9.17) is 4.74 Å². The molecule has 0 saturated heterocycles. The predicted octanol–water partition coefficient (Wildman–Crippen LogP) is 3.79. The van der Waals surface area contributed by atoms with Crippen molar-refractivity contribution in [2.45, 2.75) is 0 Å². The van der Waals surface area contributed by atoms with E-state index in [-0.39, 0.29) is 0 Å². The zero-order valence-corrected chi connectivity index (χ0v) is 12.0. The van der Waals surface area contributed by atoms with Gasteiger partial charge in [0.2, 0.25) is 5.90 Å². The first kappa shape index (κ1) is 12.8. The van der Waals surface area contributed by atoms with Crippen LogP contribution in [-0.4, -0.2) is 11.9 Å². The molecule has 0 unspecified atom stereocenters. The number of rotatable bonds is 2. The topological polar surface area (TPSA) is 38.7 Å². The van der Waals surface area contributed by atoms with E-state index in [1.54, 1.807) is 6.08 Å². The summed E-state index contributed by atoms with van der Waals surface area (Å²) >= 11 is 3.37. The van der Waals surface area contributed by atoms with Gasteiger partial charge in [0.15, 0.2) is 5.70 Å². The van der Waals surface area contributed by atoms with Crippen LogP contribution in [0.1, 0.15) is 11.1 Å². The maximum Gasteiger partial charge on any atom is 0.363 e. The first-order chi connectivity index (χ1) is 9.72. The van der Waals surface area contributed by atoms with Crippen LogP contribution in [0.2, 0.25) is 0 Å². The van der Waals surface area contributed by atoms with E-state index in [0.717, 1.165) is 15.6 Å². The van der Waals surface area contributed by atoms with Gasteiger partial charge >= 0.3 is 5.97 Å². The zero-order chi connectivity index (χ0) is 13.9. The number of ether oxygens (including phenoxy) is 1. The van der Waals surface area contributed by atoms with Crippen molar-refractivity contribution >= 4 is 33.9 Å². The average molecular weight is 328 g/mol. The fraction of sp³-hybridized carbons (Fsp3) is 0. The number of halogens is 1. The van der Waals surface area contributed by atoms with Crippen molar-refractivity contribution in [2.24, 2.45) is 4.99 Å². The Kier molecular flexibility index (Phi) is 3.48. The SMILES string of the molecule is O=C1OC(c2ccccc2)=N/C1=C/c1ccc(Br)cc1. The smallest absolute Gasteiger partial charge is 0.363 e. The molecule has 2 aromatic carbocycles. The van der Waals surface area contributed by atoms with Crippen molar-refractivity contribution in [3.8, 4) is 0 Å². The summed E-state index contributed by atoms with van der Waals surface area (Å²) in [6.45, 7) is 0. The molecule has 0 amide bonds. The third-order valence-electron chi connectivity index (χ3n) is 2.81. The standard InChI is InChI=1S/C16H10BrNO2/c17-13-8-6-11(7-9-13)10-14-16(19)20-15(18-14)12-4-2-1-3-5-12/h1-10H/b14-10+. The largest absolute Gasteiger partial charge is 0.402 e. The molecule has 98 valence electrons. The van der Waals surface area contributed by atoms with Crippen LogP contribution < -0.4 is 0 Å². The van der Waals surface area contributed by atoms with Crippen LogP contribution in [0.15, 0.2) is 69.8 Å². The Balaban J connectivity index is 1.92. The second-order valence-electron chi connectivity index (χ2n) is 4.25. The molecule has 0 aliphatic carbocycles. The number of esters is 1. The van der Waals surface area contributed by atoms with Gasteiger partial charge in [-0.05, 0) is 35.9 Å². The number of aliphatic imine (C=N–C) groups is 1. The lowest BCUT2D eigenvalue weighted by molar-refractivity contribution is -0.129. The quantitative estimate of drug-likeness (QED) is 0.621. The van der Waals surface area contributed by atoms with Gasteiger partial charge in [0.1, 0.15) is 0 Å². The maximum absolute atomic E-state index is 11.8. The Hall–Kier alpha value is -2.20. The summed E-state index contributed by atoms with van der Waals surface area (Å²) in [7, 11) is 0. The number of hydrogen-bond donors (Lipinski definition) is 0. The second kappa shape index (κ2) is 5.43. The maximum atomic E-state index is 11.8. The van der Waals surface area contributed by atoms with E-state index >= 15 is 0 Å². The molecule has 2 aromatic rings. The van der Waals surface area contributed by atoms with Gasteiger partial charge in [0.25, 0.3) is 0 Å². The van der Waals surface area contributed by atoms with E-state index in [0.29, 0.717) is 11.6 Å². The number of benzene rings is 2. The molecular weight excluding hydrogens is 318 g/mol. The monoisotopic (exact) mass is 327 g/mol. The molecule has 1 heterocycles. The van der Waals surface area contributed by atoms with Gasteiger partial charge in [0.05, 0.1) is 0 Å². The molecule has 3 nitrogen and oxygen atoms in total. The van der Waals surface area contributed by atoms with Gasteiger partial charge in [-0.25, -0.2) is 9.79 Å². The predicted molar refractivity (Wildman–Crippen MR) is 81.2 cm³/mol. The van der Waals surface area contributed by atoms with Crippen LogP contribution >= 0.6 is 15.9 Å². The van der Waals surface area contributed by atoms with E-state index in [1.807, 2.05) is 54.6 Å². The summed E-state index contributed by atoms with van der Waals surface area (Å²) < 4.78 is 6.18. The minimum absolute atomic E-state index is 0.311. The minimum atomic E-state index is -0.424. The van der Waals surface area contributed by atoms with Crippen molar-refractivity contribution in [1.82, 2.24) is 0 Å². The van der Waals surface area contributed by atoms with E-state index < -0.39 is 5.97 Å². The third kappa shape index (κ3) is 2.70. The van der Waals surface area contributed by atoms with Crippen molar-refractivity contribution in [3.63, 3.8) is 0 Å². The van der Waals surface area contributed by atoms with Crippen LogP contribution in [0, 0.1) is 0 Å². The first-order valence-corrected chi connectivity index (χ1v) is 6.85. The fourth-order valence-electron chi connectivity index (χ4n) is 1.83. The molecular formula is C16H10BrNO2. The normalized spacial score (nSPS) is 16.1. The van der Waals surface area contributed by atoms with Crippen molar-refractivity contribution in [3.05, 3.63) is 75.9 Å². The zero-order valence-electron chi connectivity index (χ0n) is 10.4. The van der Waals surface area contributed by atoms with E-state index in [9.17, 15) is 4.79 Å². The van der Waals surface area contributed by atoms with Gasteiger partial charge in [-0.1, -0.05) is 46.3 Å². The molecule has 0 N–H and O–H groups in total. The molecule has 0 saturated carbocycles. The summed E-state index contributed by atoms with van der Waals surface area (Å²) in [5, 5.41) is 0. The van der Waals surface area contributed by atoms with Crippen LogP contribution in [-0.2, 0) is 9.53 Å². The number of cyclic esters (lactones) is 1. The summed E-state index contributed by atoms with van der Waals surface area (Å²) in [4.78, 5) is 16.1. The van der Waals surface area contributed by atoms with Gasteiger partial charge in [-0.2, -0.15) is 0 Å².